The minimum Gasteiger partial charge on any atom is -0.320 e. The van der Waals surface area contributed by atoms with Gasteiger partial charge >= 0.3 is 0 Å². The largest absolute Gasteiger partial charge is 0.320 e. The molecule has 0 aliphatic heterocycles. The van der Waals surface area contributed by atoms with Crippen molar-refractivity contribution in [2.24, 2.45) is 0 Å². The molecule has 0 aliphatic carbocycles. The first-order valence-electron chi connectivity index (χ1n) is 8.32. The molecule has 0 saturated heterocycles. The van der Waals surface area contributed by atoms with Crippen molar-refractivity contribution in [3.8, 4) is 0 Å². The predicted molar refractivity (Wildman–Crippen MR) is 123 cm³/mol. The summed E-state index contributed by atoms with van der Waals surface area (Å²) in [6, 6.07) is 10.7. The van der Waals surface area contributed by atoms with Gasteiger partial charge in [-0.15, -0.1) is 22.9 Å². The number of rotatable bonds is 7. The van der Waals surface area contributed by atoms with Crippen LogP contribution in [0.2, 0.25) is 0 Å². The summed E-state index contributed by atoms with van der Waals surface area (Å²) in [6.45, 7) is 1.95. The first-order valence-corrected chi connectivity index (χ1v) is 11.7. The molecule has 3 aromatic rings. The first-order chi connectivity index (χ1) is 13.9. The van der Waals surface area contributed by atoms with E-state index in [0.29, 0.717) is 31.3 Å². The lowest BCUT2D eigenvalue weighted by atomic mass is 10.1. The van der Waals surface area contributed by atoms with Gasteiger partial charge in [0.2, 0.25) is 0 Å². The van der Waals surface area contributed by atoms with E-state index in [4.69, 9.17) is 17.0 Å². The molecule has 0 fully saturated rings. The minimum absolute atomic E-state index is 0.236. The van der Waals surface area contributed by atoms with Crippen LogP contribution in [-0.4, -0.2) is 21.3 Å². The molecule has 0 spiro atoms. The van der Waals surface area contributed by atoms with Crippen LogP contribution in [0.15, 0.2) is 51.1 Å². The topological polar surface area (TPSA) is 94.9 Å². The summed E-state index contributed by atoms with van der Waals surface area (Å²) in [5, 5.41) is 12.8. The Balaban J connectivity index is 1.88. The number of halogens is 2. The van der Waals surface area contributed by atoms with Gasteiger partial charge in [-0.3, -0.25) is 4.79 Å². The van der Waals surface area contributed by atoms with Crippen molar-refractivity contribution >= 4 is 73.3 Å². The minimum atomic E-state index is -1.53. The van der Waals surface area contributed by atoms with Crippen LogP contribution in [0.25, 0.3) is 0 Å². The molecule has 0 bridgehead atoms. The van der Waals surface area contributed by atoms with E-state index in [-0.39, 0.29) is 11.6 Å². The van der Waals surface area contributed by atoms with E-state index in [9.17, 15) is 9.00 Å². The average molecular weight is 512 g/mol. The average Bonchev–Trinajstić information content (AvgIpc) is 3.18. The van der Waals surface area contributed by atoms with Crippen molar-refractivity contribution in [1.29, 1.82) is 5.41 Å². The van der Waals surface area contributed by atoms with Crippen LogP contribution in [0.5, 0.6) is 0 Å². The zero-order chi connectivity index (χ0) is 21.0. The van der Waals surface area contributed by atoms with Crippen LogP contribution in [0.4, 0.5) is 11.4 Å². The number of aromatic nitrogens is 1. The number of carbonyl (C=O) groups is 1. The van der Waals surface area contributed by atoms with Crippen molar-refractivity contribution < 1.29 is 9.00 Å². The number of amides is 1. The summed E-state index contributed by atoms with van der Waals surface area (Å²) in [7, 11) is -1.53. The highest BCUT2D eigenvalue weighted by Crippen LogP contribution is 2.30. The number of carbonyl (C=O) groups excluding carboxylic acids is 1. The number of anilines is 2. The van der Waals surface area contributed by atoms with Crippen LogP contribution in [-0.2, 0) is 16.9 Å². The SMILES string of the molecule is Cc1ccc(S(=O)Nc2cc(Br)cc(NC(=O)c3csc(CCl)n3)c2C=N)cc1. The summed E-state index contributed by atoms with van der Waals surface area (Å²) in [4.78, 5) is 17.3. The maximum absolute atomic E-state index is 12.7. The summed E-state index contributed by atoms with van der Waals surface area (Å²) >= 11 is 10.4. The fourth-order valence-electron chi connectivity index (χ4n) is 2.44. The summed E-state index contributed by atoms with van der Waals surface area (Å²) in [5.41, 5.74) is 2.55. The molecule has 150 valence electrons. The van der Waals surface area contributed by atoms with E-state index in [2.05, 4.69) is 31.0 Å². The number of thiazole rings is 1. The van der Waals surface area contributed by atoms with Crippen LogP contribution in [0.3, 0.4) is 0 Å². The van der Waals surface area contributed by atoms with Crippen molar-refractivity contribution in [2.45, 2.75) is 17.7 Å². The summed E-state index contributed by atoms with van der Waals surface area (Å²) < 4.78 is 16.3. The van der Waals surface area contributed by atoms with Gasteiger partial charge in [0.1, 0.15) is 21.7 Å². The molecule has 0 radical (unpaired) electrons. The molecule has 0 aliphatic rings. The molecule has 29 heavy (non-hydrogen) atoms. The lowest BCUT2D eigenvalue weighted by Gasteiger charge is -2.14. The fraction of sp³-hybridized carbons (Fsp3) is 0.105. The van der Waals surface area contributed by atoms with Gasteiger partial charge in [-0.05, 0) is 31.2 Å². The van der Waals surface area contributed by atoms with E-state index >= 15 is 0 Å². The van der Waals surface area contributed by atoms with Crippen molar-refractivity contribution in [2.75, 3.05) is 10.0 Å². The Kier molecular flexibility index (Phi) is 7.18. The highest BCUT2D eigenvalue weighted by Gasteiger charge is 2.16. The van der Waals surface area contributed by atoms with Crippen molar-refractivity contribution in [3.05, 3.63) is 68.1 Å². The predicted octanol–water partition coefficient (Wildman–Crippen LogP) is 5.34. The zero-order valence-electron chi connectivity index (χ0n) is 15.2. The molecule has 1 aromatic heterocycles. The lowest BCUT2D eigenvalue weighted by molar-refractivity contribution is 0.102. The number of hydrogen-bond donors (Lipinski definition) is 3. The van der Waals surface area contributed by atoms with Crippen molar-refractivity contribution in [3.63, 3.8) is 0 Å². The van der Waals surface area contributed by atoms with E-state index < -0.39 is 16.9 Å². The van der Waals surface area contributed by atoms with Gasteiger partial charge < -0.3 is 15.4 Å². The van der Waals surface area contributed by atoms with E-state index in [1.54, 1.807) is 29.6 Å². The Hall–Kier alpha value is -2.07. The van der Waals surface area contributed by atoms with Crippen LogP contribution in [0, 0.1) is 12.3 Å². The van der Waals surface area contributed by atoms with Crippen LogP contribution < -0.4 is 10.0 Å². The summed E-state index contributed by atoms with van der Waals surface area (Å²) in [6.07, 6.45) is 1.10. The van der Waals surface area contributed by atoms with Crippen molar-refractivity contribution in [1.82, 2.24) is 4.98 Å². The molecule has 3 rings (SSSR count). The maximum atomic E-state index is 12.7. The highest BCUT2D eigenvalue weighted by molar-refractivity contribution is 9.10. The van der Waals surface area contributed by atoms with Crippen LogP contribution in [0.1, 0.15) is 26.6 Å². The van der Waals surface area contributed by atoms with Gasteiger partial charge in [0.05, 0.1) is 22.2 Å². The molecule has 1 atom stereocenters. The van der Waals surface area contributed by atoms with E-state index in [1.165, 1.54) is 11.3 Å². The van der Waals surface area contributed by atoms with Gasteiger partial charge in [-0.2, -0.15) is 0 Å². The molecular weight excluding hydrogens is 496 g/mol. The quantitative estimate of drug-likeness (QED) is 0.295. The first kappa shape index (κ1) is 21.6. The van der Waals surface area contributed by atoms with Gasteiger partial charge in [0.25, 0.3) is 5.91 Å². The highest BCUT2D eigenvalue weighted by atomic mass is 79.9. The Morgan fingerprint density at radius 2 is 2.00 bits per heavy atom. The van der Waals surface area contributed by atoms with E-state index in [1.807, 2.05) is 19.1 Å². The van der Waals surface area contributed by atoms with Gasteiger partial charge in [-0.25, -0.2) is 9.19 Å². The standard InChI is InChI=1S/C19H16BrClN4O2S2/c1-11-2-4-13(5-3-11)29(27)25-16-7-12(20)6-15(14(16)9-22)24-19(26)17-10-28-18(8-21)23-17/h2-7,9-10,22,25H,8H2,1H3,(H,24,26). The monoisotopic (exact) mass is 510 g/mol. The lowest BCUT2D eigenvalue weighted by Crippen LogP contribution is -2.15. The molecule has 1 unspecified atom stereocenters. The molecule has 1 amide bonds. The number of aryl methyl sites for hydroxylation is 1. The molecule has 3 N–H and O–H groups in total. The molecular formula is C19H16BrClN4O2S2. The number of nitrogens with one attached hydrogen (secondary N) is 3. The molecule has 1 heterocycles. The van der Waals surface area contributed by atoms with Gasteiger partial charge in [0.15, 0.2) is 0 Å². The molecule has 2 aromatic carbocycles. The number of nitrogens with zero attached hydrogens (tertiary/aromatic N) is 1. The smallest absolute Gasteiger partial charge is 0.275 e. The Bertz CT molecular complexity index is 1090. The third-order valence-corrected chi connectivity index (χ3v) is 6.70. The maximum Gasteiger partial charge on any atom is 0.275 e. The van der Waals surface area contributed by atoms with Crippen LogP contribution >= 0.6 is 38.9 Å². The molecule has 6 nitrogen and oxygen atoms in total. The van der Waals surface area contributed by atoms with Gasteiger partial charge in [0, 0.05) is 21.6 Å². The summed E-state index contributed by atoms with van der Waals surface area (Å²) in [5.74, 6) is -0.177. The number of benzene rings is 2. The second kappa shape index (κ2) is 9.62. The zero-order valence-corrected chi connectivity index (χ0v) is 19.1. The number of hydrogen-bond acceptors (Lipinski definition) is 5. The third kappa shape index (κ3) is 5.30. The Morgan fingerprint density at radius 3 is 2.62 bits per heavy atom. The molecule has 10 heteroatoms. The number of alkyl halides is 1. The molecule has 0 saturated carbocycles. The Morgan fingerprint density at radius 1 is 1.31 bits per heavy atom. The second-order valence-electron chi connectivity index (χ2n) is 5.96. The third-order valence-electron chi connectivity index (χ3n) is 3.87. The van der Waals surface area contributed by atoms with E-state index in [0.717, 1.165) is 11.8 Å². The van der Waals surface area contributed by atoms with Gasteiger partial charge in [-0.1, -0.05) is 33.6 Å². The normalized spacial score (nSPS) is 11.7. The fourth-order valence-corrected chi connectivity index (χ4v) is 4.64. The Labute approximate surface area is 187 Å². The second-order valence-corrected chi connectivity index (χ2v) is 9.30.